The summed E-state index contributed by atoms with van der Waals surface area (Å²) in [4.78, 5) is 0. The Bertz CT molecular complexity index is 762. The van der Waals surface area contributed by atoms with Crippen LogP contribution in [0.25, 0.3) is 0 Å². The van der Waals surface area contributed by atoms with Gasteiger partial charge in [0.05, 0.1) is 6.04 Å². The van der Waals surface area contributed by atoms with Crippen molar-refractivity contribution >= 4 is 17.3 Å². The molecule has 0 fully saturated rings. The van der Waals surface area contributed by atoms with E-state index >= 15 is 0 Å². The molecule has 1 nitrogen and oxygen atoms in total. The average molecular weight is 324 g/mol. The molecule has 0 bridgehead atoms. The lowest BCUT2D eigenvalue weighted by atomic mass is 9.76. The molecule has 23 heavy (non-hydrogen) atoms. The van der Waals surface area contributed by atoms with Gasteiger partial charge in [0.15, 0.2) is 0 Å². The van der Waals surface area contributed by atoms with E-state index in [2.05, 4.69) is 61.6 Å². The van der Waals surface area contributed by atoms with Gasteiger partial charge < -0.3 is 5.32 Å². The minimum atomic E-state index is 0.325. The van der Waals surface area contributed by atoms with Crippen LogP contribution in [-0.4, -0.2) is 0 Å². The largest absolute Gasteiger partial charge is 0.378 e. The van der Waals surface area contributed by atoms with Crippen LogP contribution in [0.4, 0.5) is 5.69 Å². The number of hydrogen-bond acceptors (Lipinski definition) is 1. The van der Waals surface area contributed by atoms with Crippen molar-refractivity contribution < 1.29 is 0 Å². The molecule has 1 heterocycles. The summed E-state index contributed by atoms with van der Waals surface area (Å²) in [5, 5.41) is 4.59. The van der Waals surface area contributed by atoms with E-state index < -0.39 is 0 Å². The van der Waals surface area contributed by atoms with Gasteiger partial charge in [-0.3, -0.25) is 0 Å². The minimum absolute atomic E-state index is 0.325. The first-order chi connectivity index (χ1) is 11.1. The summed E-state index contributed by atoms with van der Waals surface area (Å²) in [7, 11) is 0. The Morgan fingerprint density at radius 1 is 1.13 bits per heavy atom. The molecule has 0 spiro atoms. The Hall–Kier alpha value is -1.73. The maximum atomic E-state index is 6.22. The third kappa shape index (κ3) is 2.57. The maximum Gasteiger partial charge on any atom is 0.0554 e. The summed E-state index contributed by atoms with van der Waals surface area (Å²) in [6.07, 6.45) is 5.86. The Labute approximate surface area is 143 Å². The van der Waals surface area contributed by atoms with Crippen molar-refractivity contribution in [3.05, 3.63) is 76.3 Å². The van der Waals surface area contributed by atoms with Gasteiger partial charge in [0.1, 0.15) is 0 Å². The predicted octanol–water partition coefficient (Wildman–Crippen LogP) is 6.29. The number of halogens is 1. The Morgan fingerprint density at radius 3 is 2.78 bits per heavy atom. The first-order valence-corrected chi connectivity index (χ1v) is 8.84. The van der Waals surface area contributed by atoms with E-state index in [9.17, 15) is 0 Å². The van der Waals surface area contributed by atoms with Crippen LogP contribution in [0.5, 0.6) is 0 Å². The van der Waals surface area contributed by atoms with Crippen LogP contribution in [0.2, 0.25) is 5.02 Å². The SMILES string of the molecule is CC(C)c1ccc2c(c1)[C@@H]1C=CC[C@@H]1[C@H](c1cccc(Cl)c1)N2. The van der Waals surface area contributed by atoms with E-state index in [-0.39, 0.29) is 0 Å². The van der Waals surface area contributed by atoms with E-state index in [1.165, 1.54) is 22.4 Å². The highest BCUT2D eigenvalue weighted by Gasteiger charge is 2.37. The average Bonchev–Trinajstić information content (AvgIpc) is 3.03. The molecule has 2 aromatic rings. The van der Waals surface area contributed by atoms with Crippen molar-refractivity contribution in [2.45, 2.75) is 38.1 Å². The zero-order valence-electron chi connectivity index (χ0n) is 13.6. The molecule has 1 N–H and O–H groups in total. The summed E-state index contributed by atoms with van der Waals surface area (Å²) in [5.74, 6) is 1.65. The van der Waals surface area contributed by atoms with E-state index in [1.807, 2.05) is 12.1 Å². The van der Waals surface area contributed by atoms with Crippen LogP contribution in [0.3, 0.4) is 0 Å². The summed E-state index contributed by atoms with van der Waals surface area (Å²) < 4.78 is 0. The van der Waals surface area contributed by atoms with Crippen LogP contribution in [0, 0.1) is 5.92 Å². The summed E-state index contributed by atoms with van der Waals surface area (Å²) in [6, 6.07) is 15.5. The standard InChI is InChI=1S/C21H22ClN/c1-13(2)14-9-10-20-19(12-14)17-7-4-8-18(17)21(23-20)15-5-3-6-16(22)11-15/h3-7,9-13,17-18,21,23H,8H2,1-2H3/t17-,18+,21+/m1/s1. The molecular formula is C21H22ClN. The van der Waals surface area contributed by atoms with Crippen molar-refractivity contribution in [1.29, 1.82) is 0 Å². The third-order valence-electron chi connectivity index (χ3n) is 5.26. The molecule has 4 rings (SSSR count). The van der Waals surface area contributed by atoms with Crippen molar-refractivity contribution in [2.24, 2.45) is 5.92 Å². The minimum Gasteiger partial charge on any atom is -0.378 e. The van der Waals surface area contributed by atoms with Gasteiger partial charge in [-0.05, 0) is 53.1 Å². The second-order valence-corrected chi connectivity index (χ2v) is 7.47. The molecular weight excluding hydrogens is 302 g/mol. The monoisotopic (exact) mass is 323 g/mol. The van der Waals surface area contributed by atoms with Crippen molar-refractivity contribution in [3.63, 3.8) is 0 Å². The third-order valence-corrected chi connectivity index (χ3v) is 5.50. The summed E-state index contributed by atoms with van der Waals surface area (Å²) >= 11 is 6.22. The molecule has 1 aliphatic heterocycles. The highest BCUT2D eigenvalue weighted by atomic mass is 35.5. The van der Waals surface area contributed by atoms with Gasteiger partial charge in [-0.15, -0.1) is 0 Å². The Balaban J connectivity index is 1.77. The predicted molar refractivity (Wildman–Crippen MR) is 98.3 cm³/mol. The van der Waals surface area contributed by atoms with E-state index in [0.29, 0.717) is 23.8 Å². The zero-order valence-corrected chi connectivity index (χ0v) is 14.3. The van der Waals surface area contributed by atoms with E-state index in [0.717, 1.165) is 11.4 Å². The van der Waals surface area contributed by atoms with Crippen LogP contribution < -0.4 is 5.32 Å². The summed E-state index contributed by atoms with van der Waals surface area (Å²) in [6.45, 7) is 4.52. The fraction of sp³-hybridized carbons (Fsp3) is 0.333. The van der Waals surface area contributed by atoms with Crippen LogP contribution in [0.15, 0.2) is 54.6 Å². The molecule has 3 atom stereocenters. The van der Waals surface area contributed by atoms with Gasteiger partial charge in [-0.1, -0.05) is 61.9 Å². The van der Waals surface area contributed by atoms with Gasteiger partial charge >= 0.3 is 0 Å². The van der Waals surface area contributed by atoms with Crippen LogP contribution in [-0.2, 0) is 0 Å². The van der Waals surface area contributed by atoms with Gasteiger partial charge in [-0.2, -0.15) is 0 Å². The number of anilines is 1. The van der Waals surface area contributed by atoms with Crippen molar-refractivity contribution in [2.75, 3.05) is 5.32 Å². The van der Waals surface area contributed by atoms with Gasteiger partial charge in [0.25, 0.3) is 0 Å². The fourth-order valence-electron chi connectivity index (χ4n) is 4.00. The quantitative estimate of drug-likeness (QED) is 0.640. The van der Waals surface area contributed by atoms with Crippen molar-refractivity contribution in [1.82, 2.24) is 0 Å². The maximum absolute atomic E-state index is 6.22. The fourth-order valence-corrected chi connectivity index (χ4v) is 4.20. The highest BCUT2D eigenvalue weighted by molar-refractivity contribution is 6.30. The van der Waals surface area contributed by atoms with E-state index in [4.69, 9.17) is 11.6 Å². The van der Waals surface area contributed by atoms with Gasteiger partial charge in [-0.25, -0.2) is 0 Å². The number of fused-ring (bicyclic) bond motifs is 3. The second-order valence-electron chi connectivity index (χ2n) is 7.03. The number of rotatable bonds is 2. The first-order valence-electron chi connectivity index (χ1n) is 8.46. The molecule has 0 unspecified atom stereocenters. The molecule has 0 saturated carbocycles. The topological polar surface area (TPSA) is 12.0 Å². The Kier molecular flexibility index (Phi) is 3.69. The zero-order chi connectivity index (χ0) is 16.0. The number of allylic oxidation sites excluding steroid dienone is 2. The molecule has 0 amide bonds. The lowest BCUT2D eigenvalue weighted by Crippen LogP contribution is -2.29. The number of nitrogens with one attached hydrogen (secondary N) is 1. The molecule has 0 aromatic heterocycles. The molecule has 2 heteroatoms. The van der Waals surface area contributed by atoms with Crippen LogP contribution in [0.1, 0.15) is 54.8 Å². The molecule has 118 valence electrons. The number of benzene rings is 2. The lowest BCUT2D eigenvalue weighted by molar-refractivity contribution is 0.425. The van der Waals surface area contributed by atoms with Crippen LogP contribution >= 0.6 is 11.6 Å². The number of hydrogen-bond donors (Lipinski definition) is 1. The molecule has 2 aromatic carbocycles. The molecule has 0 radical (unpaired) electrons. The van der Waals surface area contributed by atoms with Crippen molar-refractivity contribution in [3.8, 4) is 0 Å². The second kappa shape index (κ2) is 5.72. The molecule has 1 aliphatic carbocycles. The molecule has 2 aliphatic rings. The van der Waals surface area contributed by atoms with E-state index in [1.54, 1.807) is 0 Å². The first kappa shape index (κ1) is 14.8. The normalized spacial score (nSPS) is 25.1. The molecule has 0 saturated heterocycles. The van der Waals surface area contributed by atoms with Gasteiger partial charge in [0, 0.05) is 16.6 Å². The summed E-state index contributed by atoms with van der Waals surface area (Å²) in [5.41, 5.74) is 5.43. The lowest BCUT2D eigenvalue weighted by Gasteiger charge is -2.38. The Morgan fingerprint density at radius 2 is 2.00 bits per heavy atom. The van der Waals surface area contributed by atoms with Gasteiger partial charge in [0.2, 0.25) is 0 Å². The smallest absolute Gasteiger partial charge is 0.0554 e. The highest BCUT2D eigenvalue weighted by Crippen LogP contribution is 2.50.